The second-order valence-corrected chi connectivity index (χ2v) is 4.82. The average Bonchev–Trinajstić information content (AvgIpc) is 2.32. The molecule has 1 aliphatic rings. The SMILES string of the molecule is Cc1cc(Cl)ccc1C1=[C-]CCC(=O)N1CC(F)F.[Y]. The molecule has 0 saturated carbocycles. The summed E-state index contributed by atoms with van der Waals surface area (Å²) in [6.45, 7) is 1.23. The topological polar surface area (TPSA) is 20.3 Å². The molecule has 2 rings (SSSR count). The zero-order valence-electron chi connectivity index (χ0n) is 11.0. The molecular weight excluding hydrogens is 361 g/mol. The molecule has 0 atom stereocenters. The largest absolute Gasteiger partial charge is 0.342 e. The number of alkyl halides is 2. The zero-order valence-corrected chi connectivity index (χ0v) is 14.6. The van der Waals surface area contributed by atoms with Gasteiger partial charge in [-0.3, -0.25) is 4.79 Å². The van der Waals surface area contributed by atoms with Crippen molar-refractivity contribution in [3.8, 4) is 0 Å². The Hall–Kier alpha value is -0.316. The fourth-order valence-corrected chi connectivity index (χ4v) is 2.33. The Morgan fingerprint density at radius 2 is 2.15 bits per heavy atom. The van der Waals surface area contributed by atoms with E-state index < -0.39 is 13.0 Å². The van der Waals surface area contributed by atoms with E-state index in [-0.39, 0.29) is 45.0 Å². The van der Waals surface area contributed by atoms with E-state index in [0.29, 0.717) is 17.1 Å². The normalized spacial score (nSPS) is 15.2. The molecule has 2 nitrogen and oxygen atoms in total. The molecule has 1 aromatic carbocycles. The summed E-state index contributed by atoms with van der Waals surface area (Å²) < 4.78 is 25.2. The number of benzene rings is 1. The van der Waals surface area contributed by atoms with Crippen LogP contribution in [0, 0.1) is 13.0 Å². The number of hydrogen-bond acceptors (Lipinski definition) is 1. The summed E-state index contributed by atoms with van der Waals surface area (Å²) in [5.41, 5.74) is 1.99. The molecule has 6 heteroatoms. The number of carbonyl (C=O) groups excluding carboxylic acids is 1. The monoisotopic (exact) mass is 373 g/mol. The van der Waals surface area contributed by atoms with Crippen molar-refractivity contribution < 1.29 is 46.3 Å². The van der Waals surface area contributed by atoms with Crippen LogP contribution in [0.4, 0.5) is 8.78 Å². The first kappa shape index (κ1) is 17.7. The minimum atomic E-state index is -2.56. The molecule has 1 aliphatic heterocycles. The third kappa shape index (κ3) is 4.09. The minimum Gasteiger partial charge on any atom is -0.342 e. The van der Waals surface area contributed by atoms with Gasteiger partial charge in [-0.15, -0.1) is 29.3 Å². The maximum Gasteiger partial charge on any atom is 0.256 e. The number of aryl methyl sites for hydroxylation is 1. The van der Waals surface area contributed by atoms with Gasteiger partial charge in [0.2, 0.25) is 5.91 Å². The number of rotatable bonds is 3. The van der Waals surface area contributed by atoms with Crippen LogP contribution in [0.25, 0.3) is 5.70 Å². The first-order valence-corrected chi connectivity index (χ1v) is 6.32. The van der Waals surface area contributed by atoms with Crippen LogP contribution in [0.3, 0.4) is 0 Å². The van der Waals surface area contributed by atoms with Crippen LogP contribution in [0.1, 0.15) is 24.0 Å². The molecular formula is C14H13ClF2NOY-. The van der Waals surface area contributed by atoms with Gasteiger partial charge in [-0.05, 0) is 0 Å². The van der Waals surface area contributed by atoms with Crippen molar-refractivity contribution in [2.45, 2.75) is 26.2 Å². The van der Waals surface area contributed by atoms with E-state index in [1.807, 2.05) is 6.92 Å². The van der Waals surface area contributed by atoms with E-state index in [2.05, 4.69) is 6.08 Å². The average molecular weight is 374 g/mol. The Morgan fingerprint density at radius 1 is 1.45 bits per heavy atom. The number of carbonyl (C=O) groups is 1. The van der Waals surface area contributed by atoms with Crippen LogP contribution < -0.4 is 0 Å². The molecule has 0 unspecified atom stereocenters. The Bertz CT molecular complexity index is 534. The van der Waals surface area contributed by atoms with Crippen molar-refractivity contribution in [2.75, 3.05) is 6.54 Å². The predicted molar refractivity (Wildman–Crippen MR) is 69.8 cm³/mol. The second-order valence-electron chi connectivity index (χ2n) is 4.38. The summed E-state index contributed by atoms with van der Waals surface area (Å²) in [4.78, 5) is 12.9. The summed E-state index contributed by atoms with van der Waals surface area (Å²) in [6.07, 6.45) is 1.14. The van der Waals surface area contributed by atoms with Crippen LogP contribution in [0.5, 0.6) is 0 Å². The Balaban J connectivity index is 0.00000200. The number of halogens is 3. The van der Waals surface area contributed by atoms with E-state index in [1.165, 1.54) is 0 Å². The Kier molecular flexibility index (Phi) is 6.76. The number of nitrogens with zero attached hydrogens (tertiary/aromatic N) is 1. The van der Waals surface area contributed by atoms with E-state index in [9.17, 15) is 13.6 Å². The van der Waals surface area contributed by atoms with Gasteiger partial charge in [0.25, 0.3) is 6.43 Å². The quantitative estimate of drug-likeness (QED) is 0.740. The van der Waals surface area contributed by atoms with Gasteiger partial charge in [-0.2, -0.15) is 0 Å². The van der Waals surface area contributed by atoms with Gasteiger partial charge in [0.05, 0.1) is 6.54 Å². The van der Waals surface area contributed by atoms with Crippen molar-refractivity contribution in [3.05, 3.63) is 40.4 Å². The molecule has 1 heterocycles. The van der Waals surface area contributed by atoms with Gasteiger partial charge in [0.15, 0.2) is 0 Å². The summed E-state index contributed by atoms with van der Waals surface area (Å²) >= 11 is 5.88. The standard InChI is InChI=1S/C14H13ClF2NO.Y/c1-9-7-10(15)5-6-11(9)12-3-2-4-14(19)18(12)8-13(16)17;/h5-7,13H,2,4,8H2,1H3;/q-1;. The first-order chi connectivity index (χ1) is 8.99. The molecule has 0 saturated heterocycles. The number of hydrogen-bond donors (Lipinski definition) is 0. The zero-order chi connectivity index (χ0) is 14.0. The Morgan fingerprint density at radius 3 is 2.75 bits per heavy atom. The molecule has 0 fully saturated rings. The Labute approximate surface area is 147 Å². The second kappa shape index (κ2) is 7.62. The van der Waals surface area contributed by atoms with Crippen molar-refractivity contribution in [2.24, 2.45) is 0 Å². The molecule has 1 amide bonds. The van der Waals surface area contributed by atoms with E-state index in [1.54, 1.807) is 18.2 Å². The third-order valence-electron chi connectivity index (χ3n) is 2.97. The molecule has 1 radical (unpaired) electrons. The van der Waals surface area contributed by atoms with Crippen LogP contribution in [0.2, 0.25) is 5.02 Å². The van der Waals surface area contributed by atoms with Gasteiger partial charge in [0.1, 0.15) is 0 Å². The number of amides is 1. The summed E-state index contributed by atoms with van der Waals surface area (Å²) in [5.74, 6) is -0.289. The number of allylic oxidation sites excluding steroid dienone is 1. The van der Waals surface area contributed by atoms with Gasteiger partial charge in [0, 0.05) is 44.2 Å². The first-order valence-electron chi connectivity index (χ1n) is 5.95. The fourth-order valence-electron chi connectivity index (χ4n) is 2.11. The van der Waals surface area contributed by atoms with Crippen LogP contribution in [-0.2, 0) is 37.5 Å². The van der Waals surface area contributed by atoms with Gasteiger partial charge < -0.3 is 4.90 Å². The van der Waals surface area contributed by atoms with Crippen molar-refractivity contribution in [3.63, 3.8) is 0 Å². The molecule has 1 aromatic rings. The molecule has 0 N–H and O–H groups in total. The van der Waals surface area contributed by atoms with Crippen molar-refractivity contribution >= 4 is 23.2 Å². The van der Waals surface area contributed by atoms with Crippen LogP contribution in [0.15, 0.2) is 18.2 Å². The third-order valence-corrected chi connectivity index (χ3v) is 3.20. The van der Waals surface area contributed by atoms with E-state index in [0.717, 1.165) is 16.0 Å². The molecule has 20 heavy (non-hydrogen) atoms. The fraction of sp³-hybridized carbons (Fsp3) is 0.357. The van der Waals surface area contributed by atoms with E-state index >= 15 is 0 Å². The molecule has 105 valence electrons. The molecule has 0 aromatic heterocycles. The smallest absolute Gasteiger partial charge is 0.256 e. The van der Waals surface area contributed by atoms with Gasteiger partial charge in [-0.25, -0.2) is 14.9 Å². The van der Waals surface area contributed by atoms with Gasteiger partial charge >= 0.3 is 0 Å². The predicted octanol–water partition coefficient (Wildman–Crippen LogP) is 3.68. The van der Waals surface area contributed by atoms with Crippen molar-refractivity contribution in [1.29, 1.82) is 0 Å². The maximum absolute atomic E-state index is 12.6. The summed E-state index contributed by atoms with van der Waals surface area (Å²) in [6, 6.07) is 5.15. The molecule has 0 bridgehead atoms. The molecule has 0 aliphatic carbocycles. The minimum absolute atomic E-state index is 0. The van der Waals surface area contributed by atoms with Crippen LogP contribution in [-0.4, -0.2) is 23.8 Å². The summed E-state index contributed by atoms with van der Waals surface area (Å²) in [5, 5.41) is 0.574. The van der Waals surface area contributed by atoms with E-state index in [4.69, 9.17) is 11.6 Å². The molecule has 0 spiro atoms. The van der Waals surface area contributed by atoms with Gasteiger partial charge in [-0.1, -0.05) is 30.7 Å². The van der Waals surface area contributed by atoms with Crippen molar-refractivity contribution in [1.82, 2.24) is 4.90 Å². The summed E-state index contributed by atoms with van der Waals surface area (Å²) in [7, 11) is 0. The maximum atomic E-state index is 12.6. The van der Waals surface area contributed by atoms with Crippen LogP contribution >= 0.6 is 11.6 Å².